The van der Waals surface area contributed by atoms with E-state index in [1.165, 1.54) is 0 Å². The van der Waals surface area contributed by atoms with E-state index in [9.17, 15) is 5.11 Å². The van der Waals surface area contributed by atoms with Crippen molar-refractivity contribution in [1.29, 1.82) is 0 Å². The molecule has 0 aromatic carbocycles. The molecule has 3 atom stereocenters. The van der Waals surface area contributed by atoms with Crippen molar-refractivity contribution in [2.45, 2.75) is 51.2 Å². The quantitative estimate of drug-likeness (QED) is 0.640. The van der Waals surface area contributed by atoms with Crippen LogP contribution in [-0.4, -0.2) is 23.4 Å². The first-order valence-corrected chi connectivity index (χ1v) is 4.88. The number of rotatable bonds is 2. The molecule has 12 heavy (non-hydrogen) atoms. The molecule has 1 aliphatic carbocycles. The molecule has 1 heterocycles. The molecule has 70 valence electrons. The Balaban J connectivity index is 2.06. The van der Waals surface area contributed by atoms with E-state index in [1.54, 1.807) is 0 Å². The topological polar surface area (TPSA) is 32.8 Å². The van der Waals surface area contributed by atoms with E-state index in [-0.39, 0.29) is 5.41 Å². The summed E-state index contributed by atoms with van der Waals surface area (Å²) in [4.78, 5) is 0. The van der Waals surface area contributed by atoms with Crippen molar-refractivity contribution >= 4 is 0 Å². The minimum absolute atomic E-state index is 0.105. The van der Waals surface area contributed by atoms with Crippen LogP contribution in [0.2, 0.25) is 0 Å². The highest BCUT2D eigenvalue weighted by Crippen LogP contribution is 2.50. The summed E-state index contributed by atoms with van der Waals surface area (Å²) < 4.78 is 5.22. The minimum atomic E-state index is -0.459. The van der Waals surface area contributed by atoms with Crippen LogP contribution in [0, 0.1) is 5.41 Å². The third kappa shape index (κ3) is 1.27. The van der Waals surface area contributed by atoms with Gasteiger partial charge in [-0.2, -0.15) is 0 Å². The monoisotopic (exact) mass is 170 g/mol. The Morgan fingerprint density at radius 3 is 2.50 bits per heavy atom. The molecule has 0 spiro atoms. The highest BCUT2D eigenvalue weighted by molar-refractivity contribution is 5.00. The Morgan fingerprint density at radius 1 is 1.42 bits per heavy atom. The van der Waals surface area contributed by atoms with Crippen LogP contribution in [0.5, 0.6) is 0 Å². The van der Waals surface area contributed by atoms with Crippen LogP contribution in [0.1, 0.15) is 39.5 Å². The Kier molecular flexibility index (Phi) is 1.74. The fourth-order valence-electron chi connectivity index (χ4n) is 2.40. The van der Waals surface area contributed by atoms with Crippen molar-refractivity contribution in [2.75, 3.05) is 6.61 Å². The van der Waals surface area contributed by atoms with E-state index in [4.69, 9.17) is 4.74 Å². The van der Waals surface area contributed by atoms with Crippen molar-refractivity contribution in [1.82, 2.24) is 0 Å². The lowest BCUT2D eigenvalue weighted by molar-refractivity contribution is -0.0433. The van der Waals surface area contributed by atoms with Crippen LogP contribution in [0.15, 0.2) is 0 Å². The van der Waals surface area contributed by atoms with Crippen LogP contribution < -0.4 is 0 Å². The zero-order chi connectivity index (χ0) is 8.82. The first-order valence-electron chi connectivity index (χ1n) is 4.88. The Bertz CT molecular complexity index is 184. The predicted molar refractivity (Wildman–Crippen MR) is 46.9 cm³/mol. The van der Waals surface area contributed by atoms with E-state index in [0.29, 0.717) is 6.10 Å². The second-order valence-electron chi connectivity index (χ2n) is 4.85. The summed E-state index contributed by atoms with van der Waals surface area (Å²) >= 11 is 0. The van der Waals surface area contributed by atoms with Gasteiger partial charge in [0.15, 0.2) is 0 Å². The van der Waals surface area contributed by atoms with Crippen molar-refractivity contribution < 1.29 is 9.84 Å². The maximum atomic E-state index is 10.1. The smallest absolute Gasteiger partial charge is 0.0816 e. The summed E-state index contributed by atoms with van der Waals surface area (Å²) in [6, 6.07) is 0. The summed E-state index contributed by atoms with van der Waals surface area (Å²) in [5.74, 6) is 0. The minimum Gasteiger partial charge on any atom is -0.390 e. The number of hydrogen-bond donors (Lipinski definition) is 1. The zero-order valence-electron chi connectivity index (χ0n) is 7.97. The molecule has 2 heteroatoms. The summed E-state index contributed by atoms with van der Waals surface area (Å²) in [6.45, 7) is 5.08. The van der Waals surface area contributed by atoms with Gasteiger partial charge in [-0.15, -0.1) is 0 Å². The molecule has 0 aromatic rings. The van der Waals surface area contributed by atoms with Gasteiger partial charge in [0.2, 0.25) is 0 Å². The molecule has 2 rings (SSSR count). The third-order valence-corrected chi connectivity index (χ3v) is 3.77. The molecule has 0 aromatic heterocycles. The Morgan fingerprint density at radius 2 is 2.08 bits per heavy atom. The average Bonchev–Trinajstić information content (AvgIpc) is 2.66. The molecule has 1 saturated heterocycles. The van der Waals surface area contributed by atoms with Crippen LogP contribution in [-0.2, 0) is 4.74 Å². The number of aliphatic hydroxyl groups is 1. The van der Waals surface area contributed by atoms with E-state index in [1.807, 2.05) is 6.92 Å². The fourth-order valence-corrected chi connectivity index (χ4v) is 2.40. The van der Waals surface area contributed by atoms with Gasteiger partial charge in [-0.25, -0.2) is 0 Å². The molecule has 2 aliphatic rings. The normalized spacial score (nSPS) is 52.8. The standard InChI is InChI=1S/C10H18O2/c1-9(6-8-7-12-8)4-3-5-10(9,2)11/h8,11H,3-7H2,1-2H3. The summed E-state index contributed by atoms with van der Waals surface area (Å²) in [5.41, 5.74) is -0.354. The number of ether oxygens (including phenoxy) is 1. The van der Waals surface area contributed by atoms with Gasteiger partial charge in [0.05, 0.1) is 18.3 Å². The van der Waals surface area contributed by atoms with E-state index < -0.39 is 5.60 Å². The molecule has 0 bridgehead atoms. The SMILES string of the molecule is CC1(O)CCCC1(C)CC1CO1. The van der Waals surface area contributed by atoms with Crippen molar-refractivity contribution in [3.8, 4) is 0 Å². The van der Waals surface area contributed by atoms with Crippen LogP contribution >= 0.6 is 0 Å². The van der Waals surface area contributed by atoms with Crippen LogP contribution in [0.25, 0.3) is 0 Å². The lowest BCUT2D eigenvalue weighted by Gasteiger charge is -2.36. The summed E-state index contributed by atoms with van der Waals surface area (Å²) in [5, 5.41) is 10.1. The van der Waals surface area contributed by atoms with Gasteiger partial charge < -0.3 is 9.84 Å². The molecular weight excluding hydrogens is 152 g/mol. The maximum Gasteiger partial charge on any atom is 0.0816 e. The van der Waals surface area contributed by atoms with Crippen molar-refractivity contribution in [2.24, 2.45) is 5.41 Å². The van der Waals surface area contributed by atoms with E-state index in [2.05, 4.69) is 6.92 Å². The summed E-state index contributed by atoms with van der Waals surface area (Å²) in [7, 11) is 0. The summed E-state index contributed by atoms with van der Waals surface area (Å²) in [6.07, 6.45) is 4.76. The van der Waals surface area contributed by atoms with E-state index in [0.717, 1.165) is 32.3 Å². The van der Waals surface area contributed by atoms with Gasteiger partial charge >= 0.3 is 0 Å². The Hall–Kier alpha value is -0.0800. The van der Waals surface area contributed by atoms with Gasteiger partial charge in [0.25, 0.3) is 0 Å². The average molecular weight is 170 g/mol. The van der Waals surface area contributed by atoms with Gasteiger partial charge in [-0.3, -0.25) is 0 Å². The van der Waals surface area contributed by atoms with Gasteiger partial charge in [-0.1, -0.05) is 6.92 Å². The molecular formula is C10H18O2. The zero-order valence-corrected chi connectivity index (χ0v) is 7.97. The van der Waals surface area contributed by atoms with Gasteiger partial charge in [-0.05, 0) is 38.0 Å². The third-order valence-electron chi connectivity index (χ3n) is 3.77. The lowest BCUT2D eigenvalue weighted by atomic mass is 9.74. The highest BCUT2D eigenvalue weighted by Gasteiger charge is 2.49. The van der Waals surface area contributed by atoms with Gasteiger partial charge in [0.1, 0.15) is 0 Å². The molecule has 1 aliphatic heterocycles. The molecule has 2 nitrogen and oxygen atoms in total. The maximum absolute atomic E-state index is 10.1. The molecule has 3 unspecified atom stereocenters. The highest BCUT2D eigenvalue weighted by atomic mass is 16.6. The molecule has 1 saturated carbocycles. The predicted octanol–water partition coefficient (Wildman–Crippen LogP) is 1.72. The van der Waals surface area contributed by atoms with Gasteiger partial charge in [0, 0.05) is 0 Å². The molecule has 0 radical (unpaired) electrons. The van der Waals surface area contributed by atoms with Crippen LogP contribution in [0.3, 0.4) is 0 Å². The molecule has 1 N–H and O–H groups in total. The first-order chi connectivity index (χ1) is 5.54. The fraction of sp³-hybridized carbons (Fsp3) is 1.00. The van der Waals surface area contributed by atoms with Crippen molar-refractivity contribution in [3.63, 3.8) is 0 Å². The number of hydrogen-bond acceptors (Lipinski definition) is 2. The second-order valence-corrected chi connectivity index (χ2v) is 4.85. The van der Waals surface area contributed by atoms with Crippen LogP contribution in [0.4, 0.5) is 0 Å². The largest absolute Gasteiger partial charge is 0.390 e. The lowest BCUT2D eigenvalue weighted by Crippen LogP contribution is -2.39. The van der Waals surface area contributed by atoms with Crippen molar-refractivity contribution in [3.05, 3.63) is 0 Å². The second kappa shape index (κ2) is 2.46. The van der Waals surface area contributed by atoms with E-state index >= 15 is 0 Å². The molecule has 2 fully saturated rings. The first kappa shape index (κ1) is 8.52. The molecule has 0 amide bonds. The Labute approximate surface area is 73.9 Å². The number of epoxide rings is 1.